The molecule has 0 radical (unpaired) electrons. The molecule has 6 heteroatoms. The third-order valence-corrected chi connectivity index (χ3v) is 5.95. The molecule has 6 nitrogen and oxygen atoms in total. The van der Waals surface area contributed by atoms with Crippen molar-refractivity contribution < 1.29 is 4.79 Å². The number of aromatic nitrogens is 1. The summed E-state index contributed by atoms with van der Waals surface area (Å²) in [4.78, 5) is 21.3. The molecule has 3 saturated heterocycles. The second-order valence-corrected chi connectivity index (χ2v) is 8.54. The van der Waals surface area contributed by atoms with E-state index in [1.165, 1.54) is 25.1 Å². The van der Waals surface area contributed by atoms with Crippen LogP contribution >= 0.6 is 0 Å². The Bertz CT molecular complexity index is 593. The summed E-state index contributed by atoms with van der Waals surface area (Å²) in [6.07, 6.45) is 5.39. The number of carbonyl (C=O) groups is 1. The molecule has 2 bridgehead atoms. The number of urea groups is 1. The van der Waals surface area contributed by atoms with E-state index in [1.54, 1.807) is 0 Å². The van der Waals surface area contributed by atoms with Crippen LogP contribution in [0.4, 0.5) is 4.79 Å². The fourth-order valence-corrected chi connectivity index (χ4v) is 4.54. The van der Waals surface area contributed by atoms with E-state index in [0.717, 1.165) is 44.4 Å². The maximum atomic E-state index is 11.8. The van der Waals surface area contributed by atoms with E-state index in [9.17, 15) is 4.79 Å². The lowest BCUT2D eigenvalue weighted by molar-refractivity contribution is -0.00816. The Labute approximate surface area is 163 Å². The van der Waals surface area contributed by atoms with Gasteiger partial charge in [0, 0.05) is 56.6 Å². The second-order valence-electron chi connectivity index (χ2n) is 8.54. The molecule has 3 fully saturated rings. The van der Waals surface area contributed by atoms with Crippen LogP contribution in [0.5, 0.6) is 0 Å². The number of pyridine rings is 1. The predicted octanol–water partition coefficient (Wildman–Crippen LogP) is 1.97. The first-order valence-electron chi connectivity index (χ1n) is 10.4. The molecular weight excluding hydrogens is 338 g/mol. The number of hydrogen-bond acceptors (Lipinski definition) is 4. The SMILES string of the molecule is CC(C)NC(=O)NC[C@H]1C[C@@H]2CCN1C[C@@H]2CN(C)CCc1ccccn1. The molecule has 1 unspecified atom stereocenters. The van der Waals surface area contributed by atoms with Gasteiger partial charge in [0.25, 0.3) is 0 Å². The van der Waals surface area contributed by atoms with Crippen LogP contribution in [0.3, 0.4) is 0 Å². The van der Waals surface area contributed by atoms with Crippen molar-refractivity contribution in [2.45, 2.75) is 45.2 Å². The van der Waals surface area contributed by atoms with Crippen LogP contribution in [0.2, 0.25) is 0 Å². The molecule has 0 aliphatic carbocycles. The van der Waals surface area contributed by atoms with E-state index >= 15 is 0 Å². The Morgan fingerprint density at radius 2 is 2.26 bits per heavy atom. The minimum atomic E-state index is -0.0431. The van der Waals surface area contributed by atoms with Crippen LogP contribution in [0.15, 0.2) is 24.4 Å². The maximum absolute atomic E-state index is 11.8. The number of hydrogen-bond donors (Lipinski definition) is 2. The maximum Gasteiger partial charge on any atom is 0.315 e. The van der Waals surface area contributed by atoms with Gasteiger partial charge < -0.3 is 15.5 Å². The molecule has 1 aromatic heterocycles. The van der Waals surface area contributed by atoms with Crippen molar-refractivity contribution >= 4 is 6.03 Å². The topological polar surface area (TPSA) is 60.5 Å². The van der Waals surface area contributed by atoms with Crippen molar-refractivity contribution in [2.75, 3.05) is 39.8 Å². The molecule has 4 heterocycles. The van der Waals surface area contributed by atoms with Gasteiger partial charge in [-0.15, -0.1) is 0 Å². The van der Waals surface area contributed by atoms with Crippen molar-refractivity contribution in [2.24, 2.45) is 11.8 Å². The molecule has 4 atom stereocenters. The van der Waals surface area contributed by atoms with Crippen LogP contribution in [0, 0.1) is 11.8 Å². The lowest BCUT2D eigenvalue weighted by atomic mass is 9.75. The van der Waals surface area contributed by atoms with Gasteiger partial charge in [0.2, 0.25) is 0 Å². The van der Waals surface area contributed by atoms with E-state index in [2.05, 4.69) is 44.6 Å². The van der Waals surface area contributed by atoms with Gasteiger partial charge in [-0.1, -0.05) is 6.07 Å². The number of likely N-dealkylation sites (N-methyl/N-ethyl adjacent to an activating group) is 1. The highest BCUT2D eigenvalue weighted by atomic mass is 16.2. The fraction of sp³-hybridized carbons (Fsp3) is 0.714. The zero-order valence-corrected chi connectivity index (χ0v) is 17.0. The summed E-state index contributed by atoms with van der Waals surface area (Å²) in [5, 5.41) is 5.96. The van der Waals surface area contributed by atoms with E-state index in [1.807, 2.05) is 26.1 Å². The fourth-order valence-electron chi connectivity index (χ4n) is 4.54. The number of amides is 2. The predicted molar refractivity (Wildman–Crippen MR) is 109 cm³/mol. The summed E-state index contributed by atoms with van der Waals surface area (Å²) >= 11 is 0. The first-order valence-corrected chi connectivity index (χ1v) is 10.4. The van der Waals surface area contributed by atoms with E-state index in [0.29, 0.717) is 6.04 Å². The number of carbonyl (C=O) groups excluding carboxylic acids is 1. The highest BCUT2D eigenvalue weighted by molar-refractivity contribution is 5.74. The van der Waals surface area contributed by atoms with Crippen molar-refractivity contribution in [3.05, 3.63) is 30.1 Å². The van der Waals surface area contributed by atoms with E-state index < -0.39 is 0 Å². The van der Waals surface area contributed by atoms with Gasteiger partial charge in [0.1, 0.15) is 0 Å². The quantitative estimate of drug-likeness (QED) is 0.731. The number of nitrogens with one attached hydrogen (secondary N) is 2. The average molecular weight is 374 g/mol. The first kappa shape index (κ1) is 20.1. The van der Waals surface area contributed by atoms with Crippen LogP contribution in [-0.2, 0) is 6.42 Å². The Morgan fingerprint density at radius 1 is 1.41 bits per heavy atom. The highest BCUT2D eigenvalue weighted by Crippen LogP contribution is 2.36. The average Bonchev–Trinajstić information content (AvgIpc) is 2.66. The van der Waals surface area contributed by atoms with Gasteiger partial charge in [-0.3, -0.25) is 9.88 Å². The summed E-state index contributed by atoms with van der Waals surface area (Å²) in [5.41, 5.74) is 1.17. The van der Waals surface area contributed by atoms with Gasteiger partial charge in [0.15, 0.2) is 0 Å². The summed E-state index contributed by atoms with van der Waals surface area (Å²) in [5.74, 6) is 1.53. The van der Waals surface area contributed by atoms with Gasteiger partial charge >= 0.3 is 6.03 Å². The summed E-state index contributed by atoms with van der Waals surface area (Å²) < 4.78 is 0. The van der Waals surface area contributed by atoms with E-state index in [-0.39, 0.29) is 12.1 Å². The lowest BCUT2D eigenvalue weighted by Gasteiger charge is -2.50. The second kappa shape index (κ2) is 9.51. The molecule has 2 amide bonds. The van der Waals surface area contributed by atoms with Gasteiger partial charge in [-0.2, -0.15) is 0 Å². The van der Waals surface area contributed by atoms with Crippen molar-refractivity contribution in [1.82, 2.24) is 25.4 Å². The number of nitrogens with zero attached hydrogens (tertiary/aromatic N) is 3. The summed E-state index contributed by atoms with van der Waals surface area (Å²) in [6, 6.07) is 6.77. The minimum absolute atomic E-state index is 0.0431. The van der Waals surface area contributed by atoms with Gasteiger partial charge in [0.05, 0.1) is 0 Å². The molecule has 0 aromatic carbocycles. The zero-order valence-electron chi connectivity index (χ0n) is 17.0. The highest BCUT2D eigenvalue weighted by Gasteiger charge is 2.40. The van der Waals surface area contributed by atoms with Crippen LogP contribution in [0.1, 0.15) is 32.4 Å². The molecular formula is C21H35N5O. The Hall–Kier alpha value is -1.66. The number of rotatable bonds is 8. The molecule has 0 spiro atoms. The molecule has 1 aromatic rings. The molecule has 27 heavy (non-hydrogen) atoms. The normalized spacial score (nSPS) is 27.1. The van der Waals surface area contributed by atoms with Crippen LogP contribution in [0.25, 0.3) is 0 Å². The van der Waals surface area contributed by atoms with Crippen LogP contribution in [-0.4, -0.2) is 72.7 Å². The molecule has 3 aliphatic heterocycles. The van der Waals surface area contributed by atoms with Crippen molar-refractivity contribution in [3.63, 3.8) is 0 Å². The van der Waals surface area contributed by atoms with Gasteiger partial charge in [-0.05, 0) is 64.3 Å². The monoisotopic (exact) mass is 373 g/mol. The number of fused-ring (bicyclic) bond motifs is 3. The summed E-state index contributed by atoms with van der Waals surface area (Å²) in [7, 11) is 2.23. The smallest absolute Gasteiger partial charge is 0.315 e. The Morgan fingerprint density at radius 3 is 2.93 bits per heavy atom. The third-order valence-electron chi connectivity index (χ3n) is 5.95. The Balaban J connectivity index is 1.41. The van der Waals surface area contributed by atoms with Crippen molar-refractivity contribution in [1.29, 1.82) is 0 Å². The summed E-state index contributed by atoms with van der Waals surface area (Å²) in [6.45, 7) is 9.29. The molecule has 3 aliphatic rings. The van der Waals surface area contributed by atoms with Gasteiger partial charge in [-0.25, -0.2) is 4.79 Å². The standard InChI is InChI=1S/C21H35N5O/c1-16(2)24-21(27)23-13-20-12-17-7-11-26(20)15-18(17)14-25(3)10-8-19-6-4-5-9-22-19/h4-6,9,16-18,20H,7-8,10-15H2,1-3H3,(H2,23,24,27)/t17-,18-,20+/m0/s1. The molecule has 0 saturated carbocycles. The van der Waals surface area contributed by atoms with E-state index in [4.69, 9.17) is 0 Å². The minimum Gasteiger partial charge on any atom is -0.337 e. The first-order chi connectivity index (χ1) is 13.0. The Kier molecular flexibility index (Phi) is 7.07. The zero-order chi connectivity index (χ0) is 19.2. The molecule has 150 valence electrons. The number of piperidine rings is 3. The van der Waals surface area contributed by atoms with Crippen LogP contribution < -0.4 is 10.6 Å². The lowest BCUT2D eigenvalue weighted by Crippen LogP contribution is -2.59. The third kappa shape index (κ3) is 5.91. The largest absolute Gasteiger partial charge is 0.337 e. The molecule has 4 rings (SSSR count). The van der Waals surface area contributed by atoms with Crippen molar-refractivity contribution in [3.8, 4) is 0 Å². The molecule has 2 N–H and O–H groups in total.